The van der Waals surface area contributed by atoms with Crippen LogP contribution in [-0.2, 0) is 9.59 Å². The SMILES string of the molecule is Cc1cccc(C)c1NC(=O)CN1CCN(CC(=O)Nc2nc(-c3cc(F)ccc3F)cs2)CC1. The molecule has 2 N–H and O–H groups in total. The van der Waals surface area contributed by atoms with Gasteiger partial charge >= 0.3 is 0 Å². The molecule has 0 aliphatic carbocycles. The van der Waals surface area contributed by atoms with Gasteiger partial charge in [-0.3, -0.25) is 19.4 Å². The zero-order valence-electron chi connectivity index (χ0n) is 19.6. The summed E-state index contributed by atoms with van der Waals surface area (Å²) in [5.74, 6) is -1.41. The molecule has 0 saturated carbocycles. The van der Waals surface area contributed by atoms with Crippen LogP contribution >= 0.6 is 11.3 Å². The van der Waals surface area contributed by atoms with E-state index in [4.69, 9.17) is 0 Å². The van der Waals surface area contributed by atoms with Gasteiger partial charge in [0.25, 0.3) is 0 Å². The van der Waals surface area contributed by atoms with Crippen LogP contribution in [0.3, 0.4) is 0 Å². The lowest BCUT2D eigenvalue weighted by molar-refractivity contribution is -0.120. The van der Waals surface area contributed by atoms with E-state index in [1.165, 1.54) is 0 Å². The summed E-state index contributed by atoms with van der Waals surface area (Å²) in [6, 6.07) is 9.09. The van der Waals surface area contributed by atoms with Gasteiger partial charge in [0.1, 0.15) is 11.6 Å². The Kier molecular flexibility index (Phi) is 7.84. The second-order valence-corrected chi connectivity index (χ2v) is 9.44. The van der Waals surface area contributed by atoms with Gasteiger partial charge in [0.15, 0.2) is 5.13 Å². The van der Waals surface area contributed by atoms with Gasteiger partial charge in [-0.2, -0.15) is 0 Å². The number of carbonyl (C=O) groups is 2. The second-order valence-electron chi connectivity index (χ2n) is 8.58. The summed E-state index contributed by atoms with van der Waals surface area (Å²) in [6.45, 7) is 7.08. The zero-order valence-corrected chi connectivity index (χ0v) is 20.4. The van der Waals surface area contributed by atoms with Crippen LogP contribution in [-0.4, -0.2) is 65.9 Å². The maximum absolute atomic E-state index is 14.0. The minimum atomic E-state index is -0.574. The van der Waals surface area contributed by atoms with Crippen molar-refractivity contribution in [3.63, 3.8) is 0 Å². The number of piperazine rings is 1. The minimum Gasteiger partial charge on any atom is -0.324 e. The smallest absolute Gasteiger partial charge is 0.240 e. The number of amides is 2. The van der Waals surface area contributed by atoms with Crippen molar-refractivity contribution in [3.05, 3.63) is 64.5 Å². The Bertz CT molecular complexity index is 1200. The number of carbonyl (C=O) groups excluding carboxylic acids is 2. The normalized spacial score (nSPS) is 14.6. The molecule has 1 aliphatic heterocycles. The molecule has 0 atom stereocenters. The summed E-state index contributed by atoms with van der Waals surface area (Å²) < 4.78 is 27.4. The molecule has 4 rings (SSSR count). The Balaban J connectivity index is 1.23. The predicted molar refractivity (Wildman–Crippen MR) is 134 cm³/mol. The molecule has 2 amide bonds. The molecular formula is C25H27F2N5O2S. The number of thiazole rings is 1. The van der Waals surface area contributed by atoms with Crippen LogP contribution in [0.15, 0.2) is 41.8 Å². The summed E-state index contributed by atoms with van der Waals surface area (Å²) in [6.07, 6.45) is 0. The van der Waals surface area contributed by atoms with E-state index in [1.54, 1.807) is 5.38 Å². The van der Waals surface area contributed by atoms with Crippen molar-refractivity contribution < 1.29 is 18.4 Å². The third-order valence-corrected chi connectivity index (χ3v) is 6.66. The maximum Gasteiger partial charge on any atom is 0.240 e. The van der Waals surface area contributed by atoms with E-state index in [9.17, 15) is 18.4 Å². The van der Waals surface area contributed by atoms with Crippen LogP contribution in [0, 0.1) is 25.5 Å². The van der Waals surface area contributed by atoms with E-state index in [0.29, 0.717) is 37.9 Å². The molecule has 0 unspecified atom stereocenters. The number of nitrogens with zero attached hydrogens (tertiary/aromatic N) is 3. The number of aryl methyl sites for hydroxylation is 2. The average molecular weight is 500 g/mol. The summed E-state index contributed by atoms with van der Waals surface area (Å²) in [4.78, 5) is 33.3. The molecule has 1 aromatic heterocycles. The van der Waals surface area contributed by atoms with Crippen LogP contribution in [0.4, 0.5) is 19.6 Å². The van der Waals surface area contributed by atoms with Gasteiger partial charge in [-0.1, -0.05) is 18.2 Å². The molecule has 2 heterocycles. The van der Waals surface area contributed by atoms with Crippen molar-refractivity contribution in [2.75, 3.05) is 49.9 Å². The molecule has 3 aromatic rings. The monoisotopic (exact) mass is 499 g/mol. The highest BCUT2D eigenvalue weighted by molar-refractivity contribution is 7.14. The van der Waals surface area contributed by atoms with E-state index in [2.05, 4.69) is 20.5 Å². The van der Waals surface area contributed by atoms with E-state index < -0.39 is 11.6 Å². The van der Waals surface area contributed by atoms with Gasteiger partial charge in [0.2, 0.25) is 11.8 Å². The van der Waals surface area contributed by atoms with Gasteiger partial charge < -0.3 is 10.6 Å². The molecular weight excluding hydrogens is 472 g/mol. The second kappa shape index (κ2) is 11.0. The molecule has 1 fully saturated rings. The summed E-state index contributed by atoms with van der Waals surface area (Å²) >= 11 is 1.16. The van der Waals surface area contributed by atoms with Gasteiger partial charge in [0, 0.05) is 42.8 Å². The molecule has 0 bridgehead atoms. The number of aromatic nitrogens is 1. The highest BCUT2D eigenvalue weighted by atomic mass is 32.1. The van der Waals surface area contributed by atoms with Crippen LogP contribution in [0.5, 0.6) is 0 Å². The summed E-state index contributed by atoms with van der Waals surface area (Å²) in [5.41, 5.74) is 3.25. The maximum atomic E-state index is 14.0. The quantitative estimate of drug-likeness (QED) is 0.516. The van der Waals surface area contributed by atoms with E-state index in [1.807, 2.05) is 36.9 Å². The first kappa shape index (κ1) is 24.9. The standard InChI is InChI=1S/C25H27F2N5O2S/c1-16-4-3-5-17(2)24(16)29-22(33)13-31-8-10-32(11-9-31)14-23(34)30-25-28-21(15-35-25)19-12-18(26)6-7-20(19)27/h3-7,12,15H,8-11,13-14H2,1-2H3,(H,29,33)(H,28,30,34). The fraction of sp³-hybridized carbons (Fsp3) is 0.320. The first-order valence-corrected chi connectivity index (χ1v) is 12.2. The van der Waals surface area contributed by atoms with Crippen LogP contribution in [0.2, 0.25) is 0 Å². The van der Waals surface area contributed by atoms with Gasteiger partial charge in [-0.15, -0.1) is 11.3 Å². The fourth-order valence-electron chi connectivity index (χ4n) is 4.01. The highest BCUT2D eigenvalue weighted by Crippen LogP contribution is 2.27. The number of benzene rings is 2. The number of anilines is 2. The Labute approximate surface area is 206 Å². The van der Waals surface area contributed by atoms with Crippen LogP contribution < -0.4 is 10.6 Å². The van der Waals surface area contributed by atoms with Crippen molar-refractivity contribution in [1.29, 1.82) is 0 Å². The molecule has 10 heteroatoms. The Morgan fingerprint density at radius 1 is 0.943 bits per heavy atom. The lowest BCUT2D eigenvalue weighted by Crippen LogP contribution is -2.50. The lowest BCUT2D eigenvalue weighted by Gasteiger charge is -2.33. The molecule has 0 radical (unpaired) electrons. The highest BCUT2D eigenvalue weighted by Gasteiger charge is 2.21. The molecule has 1 aliphatic rings. The van der Waals surface area contributed by atoms with Gasteiger partial charge in [-0.05, 0) is 43.2 Å². The first-order chi connectivity index (χ1) is 16.8. The van der Waals surface area contributed by atoms with Crippen molar-refractivity contribution in [2.24, 2.45) is 0 Å². The molecule has 0 spiro atoms. The minimum absolute atomic E-state index is 0.0529. The number of para-hydroxylation sites is 1. The molecule has 35 heavy (non-hydrogen) atoms. The number of rotatable bonds is 7. The third kappa shape index (κ3) is 6.47. The molecule has 184 valence electrons. The molecule has 1 saturated heterocycles. The largest absolute Gasteiger partial charge is 0.324 e. The molecule has 2 aromatic carbocycles. The Hall–Kier alpha value is -3.21. The van der Waals surface area contributed by atoms with Crippen molar-refractivity contribution in [2.45, 2.75) is 13.8 Å². The Morgan fingerprint density at radius 2 is 1.54 bits per heavy atom. The zero-order chi connectivity index (χ0) is 24.9. The Morgan fingerprint density at radius 3 is 2.17 bits per heavy atom. The van der Waals surface area contributed by atoms with Crippen molar-refractivity contribution in [1.82, 2.24) is 14.8 Å². The van der Waals surface area contributed by atoms with Gasteiger partial charge in [-0.25, -0.2) is 13.8 Å². The van der Waals surface area contributed by atoms with E-state index in [-0.39, 0.29) is 29.6 Å². The van der Waals surface area contributed by atoms with E-state index >= 15 is 0 Å². The number of hydrogen-bond acceptors (Lipinski definition) is 6. The number of nitrogens with one attached hydrogen (secondary N) is 2. The van der Waals surface area contributed by atoms with E-state index in [0.717, 1.165) is 46.4 Å². The number of hydrogen-bond donors (Lipinski definition) is 2. The van der Waals surface area contributed by atoms with Crippen LogP contribution in [0.1, 0.15) is 11.1 Å². The lowest BCUT2D eigenvalue weighted by atomic mass is 10.1. The topological polar surface area (TPSA) is 77.6 Å². The first-order valence-electron chi connectivity index (χ1n) is 11.3. The molecule has 7 nitrogen and oxygen atoms in total. The summed E-state index contributed by atoms with van der Waals surface area (Å²) in [5, 5.41) is 7.64. The van der Waals surface area contributed by atoms with Gasteiger partial charge in [0.05, 0.1) is 18.8 Å². The summed E-state index contributed by atoms with van der Waals surface area (Å²) in [7, 11) is 0. The average Bonchev–Trinajstić information content (AvgIpc) is 3.27. The van der Waals surface area contributed by atoms with Crippen LogP contribution in [0.25, 0.3) is 11.3 Å². The fourth-order valence-corrected chi connectivity index (χ4v) is 4.74. The third-order valence-electron chi connectivity index (χ3n) is 5.90. The number of halogens is 2. The van der Waals surface area contributed by atoms with Crippen molar-refractivity contribution >= 4 is 34.0 Å². The predicted octanol–water partition coefficient (Wildman–Crippen LogP) is 3.90. The van der Waals surface area contributed by atoms with Crippen molar-refractivity contribution in [3.8, 4) is 11.3 Å².